The molecule has 0 aromatic carbocycles. The average Bonchev–Trinajstić information content (AvgIpc) is 1.85. The quantitative estimate of drug-likeness (QED) is 0.483. The zero-order valence-corrected chi connectivity index (χ0v) is 5.09. The fourth-order valence-electron chi connectivity index (χ4n) is 0.664. The van der Waals surface area contributed by atoms with E-state index in [1.807, 2.05) is 13.0 Å². The summed E-state index contributed by atoms with van der Waals surface area (Å²) in [5.74, 6) is 0.875. The molecule has 0 saturated carbocycles. The molecule has 1 unspecified atom stereocenters. The number of rotatable bonds is 0. The minimum Gasteiger partial charge on any atom is -0.409 e. The second-order valence-corrected chi connectivity index (χ2v) is 1.91. The number of hydroxylamine groups is 2. The molecule has 0 aromatic rings. The van der Waals surface area contributed by atoms with Crippen molar-refractivity contribution in [1.82, 2.24) is 5.06 Å². The molecule has 1 rings (SSSR count). The molecule has 1 atom stereocenters. The van der Waals surface area contributed by atoms with Gasteiger partial charge in [0.15, 0.2) is 0 Å². The molecule has 0 fully saturated rings. The Morgan fingerprint density at radius 1 is 1.88 bits per heavy atom. The van der Waals surface area contributed by atoms with Crippen molar-refractivity contribution in [2.75, 3.05) is 7.05 Å². The lowest BCUT2D eigenvalue weighted by Gasteiger charge is -2.12. The van der Waals surface area contributed by atoms with Crippen LogP contribution < -0.4 is 5.73 Å². The van der Waals surface area contributed by atoms with Gasteiger partial charge in [0.25, 0.3) is 0 Å². The largest absolute Gasteiger partial charge is 0.409 e. The Labute approximate surface area is 48.7 Å². The van der Waals surface area contributed by atoms with Crippen LogP contribution in [0.1, 0.15) is 6.92 Å². The molecule has 0 spiro atoms. The highest BCUT2D eigenvalue weighted by Crippen LogP contribution is 2.10. The van der Waals surface area contributed by atoms with E-state index in [1.165, 1.54) is 0 Å². The smallest absolute Gasteiger partial charge is 0.120 e. The Bertz CT molecular complexity index is 122. The summed E-state index contributed by atoms with van der Waals surface area (Å²) in [6, 6.07) is 0. The summed E-state index contributed by atoms with van der Waals surface area (Å²) in [4.78, 5) is 5.04. The predicted molar refractivity (Wildman–Crippen MR) is 30.6 cm³/mol. The van der Waals surface area contributed by atoms with Gasteiger partial charge in [-0.3, -0.25) is 0 Å². The van der Waals surface area contributed by atoms with E-state index in [0.717, 1.165) is 5.76 Å². The van der Waals surface area contributed by atoms with E-state index in [2.05, 4.69) is 0 Å². The minimum atomic E-state index is -0.0602. The molecule has 0 aliphatic carbocycles. The van der Waals surface area contributed by atoms with Gasteiger partial charge < -0.3 is 10.6 Å². The van der Waals surface area contributed by atoms with E-state index < -0.39 is 0 Å². The van der Waals surface area contributed by atoms with Crippen LogP contribution in [0.15, 0.2) is 11.8 Å². The summed E-state index contributed by atoms with van der Waals surface area (Å²) in [5.41, 5.74) is 5.49. The first-order valence-electron chi connectivity index (χ1n) is 2.55. The molecule has 0 amide bonds. The lowest BCUT2D eigenvalue weighted by molar-refractivity contribution is -0.0914. The number of hydrogen-bond acceptors (Lipinski definition) is 3. The Hall–Kier alpha value is -0.540. The fourth-order valence-corrected chi connectivity index (χ4v) is 0.664. The van der Waals surface area contributed by atoms with Gasteiger partial charge in [0.1, 0.15) is 11.9 Å². The first-order valence-corrected chi connectivity index (χ1v) is 2.55. The minimum absolute atomic E-state index is 0.0602. The molecular formula is C5H10N2O. The highest BCUT2D eigenvalue weighted by Gasteiger charge is 2.15. The molecule has 3 heteroatoms. The van der Waals surface area contributed by atoms with E-state index in [1.54, 1.807) is 12.1 Å². The van der Waals surface area contributed by atoms with Crippen molar-refractivity contribution in [2.45, 2.75) is 13.1 Å². The maximum absolute atomic E-state index is 5.49. The first kappa shape index (κ1) is 5.59. The Morgan fingerprint density at radius 2 is 2.50 bits per heavy atom. The van der Waals surface area contributed by atoms with Gasteiger partial charge >= 0.3 is 0 Å². The SMILES string of the molecule is CC1=CC(N)N(C)O1. The van der Waals surface area contributed by atoms with Crippen LogP contribution in [-0.2, 0) is 4.84 Å². The second kappa shape index (κ2) is 1.76. The highest BCUT2D eigenvalue weighted by atomic mass is 16.7. The summed E-state index contributed by atoms with van der Waals surface area (Å²) >= 11 is 0. The maximum atomic E-state index is 5.49. The van der Waals surface area contributed by atoms with Crippen LogP contribution in [0, 0.1) is 0 Å². The van der Waals surface area contributed by atoms with Crippen LogP contribution in [0.2, 0.25) is 0 Å². The van der Waals surface area contributed by atoms with E-state index in [-0.39, 0.29) is 6.17 Å². The summed E-state index contributed by atoms with van der Waals surface area (Å²) in [6.07, 6.45) is 1.80. The van der Waals surface area contributed by atoms with Crippen LogP contribution in [0.3, 0.4) is 0 Å². The maximum Gasteiger partial charge on any atom is 0.120 e. The van der Waals surface area contributed by atoms with Crippen LogP contribution >= 0.6 is 0 Å². The number of likely N-dealkylation sites (N-methyl/N-ethyl adjacent to an activating group) is 1. The standard InChI is InChI=1S/C5H10N2O/c1-4-3-5(6)7(2)8-4/h3,5H,6H2,1-2H3. The molecule has 0 radical (unpaired) electrons. The van der Waals surface area contributed by atoms with Crippen molar-refractivity contribution < 1.29 is 4.84 Å². The van der Waals surface area contributed by atoms with Gasteiger partial charge in [-0.2, -0.15) is 0 Å². The third-order valence-electron chi connectivity index (χ3n) is 1.11. The third-order valence-corrected chi connectivity index (χ3v) is 1.11. The van der Waals surface area contributed by atoms with Crippen LogP contribution in [0.4, 0.5) is 0 Å². The fraction of sp³-hybridized carbons (Fsp3) is 0.600. The predicted octanol–water partition coefficient (Wildman–Crippen LogP) is 0.0520. The average molecular weight is 114 g/mol. The molecular weight excluding hydrogens is 104 g/mol. The van der Waals surface area contributed by atoms with Crippen LogP contribution in [-0.4, -0.2) is 18.3 Å². The van der Waals surface area contributed by atoms with Crippen molar-refractivity contribution >= 4 is 0 Å². The second-order valence-electron chi connectivity index (χ2n) is 1.91. The molecule has 8 heavy (non-hydrogen) atoms. The van der Waals surface area contributed by atoms with Crippen molar-refractivity contribution in [2.24, 2.45) is 5.73 Å². The van der Waals surface area contributed by atoms with E-state index in [4.69, 9.17) is 10.6 Å². The van der Waals surface area contributed by atoms with Crippen molar-refractivity contribution in [1.29, 1.82) is 0 Å². The molecule has 3 nitrogen and oxygen atoms in total. The van der Waals surface area contributed by atoms with E-state index >= 15 is 0 Å². The van der Waals surface area contributed by atoms with Gasteiger partial charge in [0, 0.05) is 7.05 Å². The molecule has 46 valence electrons. The lowest BCUT2D eigenvalue weighted by Crippen LogP contribution is -2.32. The monoisotopic (exact) mass is 114 g/mol. The first-order chi connectivity index (χ1) is 3.70. The summed E-state index contributed by atoms with van der Waals surface area (Å²) < 4.78 is 0. The topological polar surface area (TPSA) is 38.5 Å². The number of hydrogen-bond donors (Lipinski definition) is 1. The summed E-state index contributed by atoms with van der Waals surface area (Å²) in [5, 5.41) is 1.61. The molecule has 0 bridgehead atoms. The van der Waals surface area contributed by atoms with Gasteiger partial charge in [-0.05, 0) is 13.0 Å². The summed E-state index contributed by atoms with van der Waals surface area (Å²) in [7, 11) is 1.80. The molecule has 1 aliphatic heterocycles. The zero-order chi connectivity index (χ0) is 6.15. The molecule has 2 N–H and O–H groups in total. The van der Waals surface area contributed by atoms with Gasteiger partial charge in [0.2, 0.25) is 0 Å². The number of nitrogens with zero attached hydrogens (tertiary/aromatic N) is 1. The Balaban J connectivity index is 2.56. The normalized spacial score (nSPS) is 29.9. The lowest BCUT2D eigenvalue weighted by atomic mass is 10.4. The van der Waals surface area contributed by atoms with Gasteiger partial charge in [0.05, 0.1) is 0 Å². The third kappa shape index (κ3) is 0.827. The Kier molecular flexibility index (Phi) is 1.23. The van der Waals surface area contributed by atoms with Crippen LogP contribution in [0.25, 0.3) is 0 Å². The van der Waals surface area contributed by atoms with Gasteiger partial charge in [-0.1, -0.05) is 0 Å². The van der Waals surface area contributed by atoms with Gasteiger partial charge in [-0.25, -0.2) is 0 Å². The molecule has 0 saturated heterocycles. The molecule has 0 aromatic heterocycles. The Morgan fingerprint density at radius 3 is 2.62 bits per heavy atom. The zero-order valence-electron chi connectivity index (χ0n) is 5.09. The van der Waals surface area contributed by atoms with E-state index in [0.29, 0.717) is 0 Å². The highest BCUT2D eigenvalue weighted by molar-refractivity contribution is 4.98. The van der Waals surface area contributed by atoms with Crippen molar-refractivity contribution in [3.8, 4) is 0 Å². The molecule has 1 aliphatic rings. The number of nitrogens with two attached hydrogens (primary N) is 1. The van der Waals surface area contributed by atoms with Crippen LogP contribution in [0.5, 0.6) is 0 Å². The number of allylic oxidation sites excluding steroid dienone is 1. The van der Waals surface area contributed by atoms with E-state index in [9.17, 15) is 0 Å². The molecule has 1 heterocycles. The van der Waals surface area contributed by atoms with Gasteiger partial charge in [-0.15, -0.1) is 5.06 Å². The summed E-state index contributed by atoms with van der Waals surface area (Å²) in [6.45, 7) is 1.88. The van der Waals surface area contributed by atoms with Crippen molar-refractivity contribution in [3.63, 3.8) is 0 Å². The van der Waals surface area contributed by atoms with Crippen molar-refractivity contribution in [3.05, 3.63) is 11.8 Å².